The number of rotatable bonds is 9. The second kappa shape index (κ2) is 11.8. The van der Waals surface area contributed by atoms with Gasteiger partial charge in [-0.1, -0.05) is 90.1 Å². The molecule has 0 bridgehead atoms. The number of hydrogen-bond acceptors (Lipinski definition) is 6. The minimum Gasteiger partial charge on any atom is -0.394 e. The molecule has 6 heteroatoms. The van der Waals surface area contributed by atoms with Crippen molar-refractivity contribution in [2.45, 2.75) is 54.9 Å². The van der Waals surface area contributed by atoms with Crippen LogP contribution in [0.1, 0.15) is 16.7 Å². The van der Waals surface area contributed by atoms with Gasteiger partial charge in [0.05, 0.1) is 19.8 Å². The molecule has 33 heavy (non-hydrogen) atoms. The van der Waals surface area contributed by atoms with Crippen LogP contribution >= 0.6 is 11.8 Å². The summed E-state index contributed by atoms with van der Waals surface area (Å²) in [6.45, 7) is 2.43. The standard InChI is InChI=1S/C27H30O5S/c1-19-12-14-22(15-13-19)33-27-26(31-18-21-10-6-3-7-11-21)25(24(29)23(16-28)32-27)30-17-20-8-4-2-5-9-20/h2-15,23-29H,16-18H2,1H3/t23-,24-,25+,26+,27-/m1/s1. The van der Waals surface area contributed by atoms with Crippen molar-refractivity contribution >= 4 is 11.8 Å². The summed E-state index contributed by atoms with van der Waals surface area (Å²) >= 11 is 1.51. The number of aliphatic hydroxyl groups excluding tert-OH is 2. The molecule has 174 valence electrons. The lowest BCUT2D eigenvalue weighted by atomic mass is 9.99. The second-order valence-corrected chi connectivity index (χ2v) is 9.34. The first-order valence-electron chi connectivity index (χ1n) is 11.1. The van der Waals surface area contributed by atoms with E-state index < -0.39 is 29.9 Å². The predicted octanol–water partition coefficient (Wildman–Crippen LogP) is 4.34. The maximum absolute atomic E-state index is 11.0. The summed E-state index contributed by atoms with van der Waals surface area (Å²) in [6.07, 6.45) is -2.99. The van der Waals surface area contributed by atoms with E-state index in [-0.39, 0.29) is 6.61 Å². The van der Waals surface area contributed by atoms with E-state index in [1.807, 2.05) is 91.9 Å². The van der Waals surface area contributed by atoms with Gasteiger partial charge >= 0.3 is 0 Å². The molecule has 3 aromatic carbocycles. The van der Waals surface area contributed by atoms with Crippen LogP contribution in [-0.4, -0.2) is 46.7 Å². The van der Waals surface area contributed by atoms with E-state index in [0.29, 0.717) is 13.2 Å². The molecule has 0 radical (unpaired) electrons. The quantitative estimate of drug-likeness (QED) is 0.489. The highest BCUT2D eigenvalue weighted by atomic mass is 32.2. The molecule has 0 spiro atoms. The van der Waals surface area contributed by atoms with Crippen molar-refractivity contribution in [3.63, 3.8) is 0 Å². The van der Waals surface area contributed by atoms with E-state index >= 15 is 0 Å². The molecule has 1 aliphatic rings. The van der Waals surface area contributed by atoms with Crippen LogP contribution in [0.25, 0.3) is 0 Å². The van der Waals surface area contributed by atoms with Gasteiger partial charge in [0.2, 0.25) is 0 Å². The van der Waals surface area contributed by atoms with Crippen LogP contribution in [0, 0.1) is 6.92 Å². The Morgan fingerprint density at radius 3 is 1.88 bits per heavy atom. The molecule has 1 fully saturated rings. The Morgan fingerprint density at radius 1 is 0.788 bits per heavy atom. The minimum absolute atomic E-state index is 0.303. The Bertz CT molecular complexity index is 967. The molecular formula is C27H30O5S. The Labute approximate surface area is 199 Å². The zero-order valence-electron chi connectivity index (χ0n) is 18.6. The van der Waals surface area contributed by atoms with Crippen LogP contribution in [0.2, 0.25) is 0 Å². The number of hydrogen-bond donors (Lipinski definition) is 2. The van der Waals surface area contributed by atoms with Gasteiger partial charge in [-0.15, -0.1) is 0 Å². The van der Waals surface area contributed by atoms with Crippen molar-refractivity contribution in [3.05, 3.63) is 102 Å². The van der Waals surface area contributed by atoms with E-state index in [0.717, 1.165) is 16.0 Å². The molecule has 0 aromatic heterocycles. The number of benzene rings is 3. The lowest BCUT2D eigenvalue weighted by Gasteiger charge is -2.43. The Balaban J connectivity index is 1.57. The summed E-state index contributed by atoms with van der Waals surface area (Å²) in [6, 6.07) is 27.9. The number of ether oxygens (including phenoxy) is 3. The predicted molar refractivity (Wildman–Crippen MR) is 129 cm³/mol. The third-order valence-corrected chi connectivity index (χ3v) is 6.80. The first kappa shape index (κ1) is 24.0. The largest absolute Gasteiger partial charge is 0.394 e. The lowest BCUT2D eigenvalue weighted by Crippen LogP contribution is -2.59. The van der Waals surface area contributed by atoms with Gasteiger partial charge in [-0.3, -0.25) is 0 Å². The Hall–Kier alpha value is -2.19. The van der Waals surface area contributed by atoms with Gasteiger partial charge in [-0.05, 0) is 30.2 Å². The first-order valence-corrected chi connectivity index (χ1v) is 12.0. The zero-order chi connectivity index (χ0) is 23.0. The lowest BCUT2D eigenvalue weighted by molar-refractivity contribution is -0.237. The maximum atomic E-state index is 11.0. The first-order chi connectivity index (χ1) is 16.1. The molecule has 1 saturated heterocycles. The molecule has 2 N–H and O–H groups in total. The number of aliphatic hydroxyl groups is 2. The molecule has 4 rings (SSSR count). The number of aryl methyl sites for hydroxylation is 1. The summed E-state index contributed by atoms with van der Waals surface area (Å²) in [5, 5.41) is 20.9. The Morgan fingerprint density at radius 2 is 1.33 bits per heavy atom. The molecule has 0 saturated carbocycles. The normalized spacial score (nSPS) is 25.1. The fourth-order valence-corrected chi connectivity index (χ4v) is 4.92. The molecular weight excluding hydrogens is 436 g/mol. The number of thioether (sulfide) groups is 1. The van der Waals surface area contributed by atoms with Gasteiger partial charge < -0.3 is 24.4 Å². The SMILES string of the molecule is Cc1ccc(S[C@H]2O[C@H](CO)[C@@H](O)[C@H](OCc3ccccc3)[C@@H]2OCc2ccccc2)cc1. The molecule has 5 nitrogen and oxygen atoms in total. The smallest absolute Gasteiger partial charge is 0.137 e. The molecule has 3 aromatic rings. The second-order valence-electron chi connectivity index (χ2n) is 8.17. The summed E-state index contributed by atoms with van der Waals surface area (Å²) in [5.74, 6) is 0. The van der Waals surface area contributed by atoms with Crippen LogP contribution in [0.3, 0.4) is 0 Å². The highest BCUT2D eigenvalue weighted by Crippen LogP contribution is 2.36. The zero-order valence-corrected chi connectivity index (χ0v) is 19.4. The summed E-state index contributed by atoms with van der Waals surface area (Å²) in [7, 11) is 0. The van der Waals surface area contributed by atoms with Crippen molar-refractivity contribution in [1.29, 1.82) is 0 Å². The van der Waals surface area contributed by atoms with E-state index in [4.69, 9.17) is 14.2 Å². The molecule has 1 aliphatic heterocycles. The van der Waals surface area contributed by atoms with Crippen molar-refractivity contribution in [2.75, 3.05) is 6.61 Å². The third-order valence-electron chi connectivity index (χ3n) is 5.64. The van der Waals surface area contributed by atoms with Crippen LogP contribution in [0.4, 0.5) is 0 Å². The molecule has 1 heterocycles. The molecule has 5 atom stereocenters. The van der Waals surface area contributed by atoms with Crippen LogP contribution in [-0.2, 0) is 27.4 Å². The van der Waals surface area contributed by atoms with E-state index in [2.05, 4.69) is 0 Å². The summed E-state index contributed by atoms with van der Waals surface area (Å²) in [4.78, 5) is 1.02. The average Bonchev–Trinajstić information content (AvgIpc) is 2.85. The highest BCUT2D eigenvalue weighted by Gasteiger charge is 2.47. The van der Waals surface area contributed by atoms with E-state index in [9.17, 15) is 10.2 Å². The molecule has 0 amide bonds. The minimum atomic E-state index is -1.02. The third kappa shape index (κ3) is 6.44. The van der Waals surface area contributed by atoms with Crippen molar-refractivity contribution < 1.29 is 24.4 Å². The topological polar surface area (TPSA) is 68.2 Å². The monoisotopic (exact) mass is 466 g/mol. The van der Waals surface area contributed by atoms with Gasteiger partial charge in [-0.25, -0.2) is 0 Å². The van der Waals surface area contributed by atoms with E-state index in [1.54, 1.807) is 0 Å². The van der Waals surface area contributed by atoms with Crippen molar-refractivity contribution in [2.24, 2.45) is 0 Å². The fraction of sp³-hybridized carbons (Fsp3) is 0.333. The van der Waals surface area contributed by atoms with Crippen LogP contribution in [0.15, 0.2) is 89.8 Å². The summed E-state index contributed by atoms with van der Waals surface area (Å²) < 4.78 is 18.7. The van der Waals surface area contributed by atoms with Crippen LogP contribution in [0.5, 0.6) is 0 Å². The Kier molecular flexibility index (Phi) is 8.56. The van der Waals surface area contributed by atoms with Gasteiger partial charge in [0.15, 0.2) is 0 Å². The molecule has 0 aliphatic carbocycles. The maximum Gasteiger partial charge on any atom is 0.137 e. The van der Waals surface area contributed by atoms with Crippen molar-refractivity contribution in [3.8, 4) is 0 Å². The van der Waals surface area contributed by atoms with Gasteiger partial charge in [-0.2, -0.15) is 0 Å². The van der Waals surface area contributed by atoms with Gasteiger partial charge in [0.25, 0.3) is 0 Å². The van der Waals surface area contributed by atoms with E-state index in [1.165, 1.54) is 17.3 Å². The van der Waals surface area contributed by atoms with Crippen LogP contribution < -0.4 is 0 Å². The van der Waals surface area contributed by atoms with Gasteiger partial charge in [0, 0.05) is 4.90 Å². The van der Waals surface area contributed by atoms with Gasteiger partial charge in [0.1, 0.15) is 29.9 Å². The fourth-order valence-electron chi connectivity index (χ4n) is 3.79. The summed E-state index contributed by atoms with van der Waals surface area (Å²) in [5.41, 5.74) is 2.74. The van der Waals surface area contributed by atoms with Crippen molar-refractivity contribution in [1.82, 2.24) is 0 Å². The molecule has 0 unspecified atom stereocenters. The average molecular weight is 467 g/mol. The highest BCUT2D eigenvalue weighted by molar-refractivity contribution is 7.99.